The van der Waals surface area contributed by atoms with Crippen molar-refractivity contribution in [2.45, 2.75) is 31.5 Å². The van der Waals surface area contributed by atoms with E-state index in [-0.39, 0.29) is 36.2 Å². The van der Waals surface area contributed by atoms with Crippen molar-refractivity contribution in [1.82, 2.24) is 29.7 Å². The van der Waals surface area contributed by atoms with Crippen LogP contribution in [0.2, 0.25) is 0 Å². The minimum Gasteiger partial charge on any atom is -0.383 e. The van der Waals surface area contributed by atoms with Crippen LogP contribution in [0.3, 0.4) is 0 Å². The molecule has 4 aromatic rings. The summed E-state index contributed by atoms with van der Waals surface area (Å²) in [5, 5.41) is 9.41. The van der Waals surface area contributed by atoms with E-state index in [4.69, 9.17) is 5.73 Å². The Morgan fingerprint density at radius 2 is 1.97 bits per heavy atom. The number of rotatable bonds is 5. The van der Waals surface area contributed by atoms with E-state index in [1.165, 1.54) is 13.4 Å². The predicted octanol–water partition coefficient (Wildman–Crippen LogP) is 2.70. The highest BCUT2D eigenvalue weighted by Gasteiger charge is 2.56. The molecule has 3 aromatic heterocycles. The minimum atomic E-state index is -0.580. The summed E-state index contributed by atoms with van der Waals surface area (Å²) in [4.78, 5) is 53.3. The summed E-state index contributed by atoms with van der Waals surface area (Å²) < 4.78 is 2.40. The molecule has 38 heavy (non-hydrogen) atoms. The van der Waals surface area contributed by atoms with E-state index >= 15 is 0 Å². The van der Waals surface area contributed by atoms with Gasteiger partial charge in [0.05, 0.1) is 10.9 Å². The maximum atomic E-state index is 13.8. The Labute approximate surface area is 225 Å². The van der Waals surface area contributed by atoms with Gasteiger partial charge in [-0.2, -0.15) is 0 Å². The molecule has 4 heterocycles. The quantitative estimate of drug-likeness (QED) is 0.265. The number of fused-ring (bicyclic) bond motifs is 4. The molecule has 1 aliphatic heterocycles. The Morgan fingerprint density at radius 3 is 2.76 bits per heavy atom. The number of hydrogen-bond acceptors (Lipinski definition) is 7. The molecule has 12 nitrogen and oxygen atoms in total. The summed E-state index contributed by atoms with van der Waals surface area (Å²) in [6, 6.07) is 9.71. The van der Waals surface area contributed by atoms with E-state index in [9.17, 15) is 14.4 Å². The summed E-state index contributed by atoms with van der Waals surface area (Å²) in [5.41, 5.74) is 8.00. The van der Waals surface area contributed by atoms with Gasteiger partial charge in [0.25, 0.3) is 0 Å². The molecule has 0 radical (unpaired) electrons. The van der Waals surface area contributed by atoms with Gasteiger partial charge in [-0.3, -0.25) is 9.59 Å². The molecule has 1 saturated carbocycles. The van der Waals surface area contributed by atoms with Crippen LogP contribution in [-0.2, 0) is 16.1 Å². The van der Waals surface area contributed by atoms with Gasteiger partial charge in [0.1, 0.15) is 40.8 Å². The lowest BCUT2D eigenvalue weighted by Gasteiger charge is -2.27. The maximum absolute atomic E-state index is 13.8. The predicted molar refractivity (Wildman–Crippen MR) is 145 cm³/mol. The van der Waals surface area contributed by atoms with Crippen molar-refractivity contribution in [3.05, 3.63) is 47.3 Å². The third kappa shape index (κ3) is 4.18. The lowest BCUT2D eigenvalue weighted by molar-refractivity contribution is -0.138. The van der Waals surface area contributed by atoms with Crippen molar-refractivity contribution in [2.24, 2.45) is 5.92 Å². The second-order valence-corrected chi connectivity index (χ2v) is 10.2. The molecule has 0 bridgehead atoms. The van der Waals surface area contributed by atoms with E-state index in [0.29, 0.717) is 50.4 Å². The maximum Gasteiger partial charge on any atom is 0.318 e. The van der Waals surface area contributed by atoms with Crippen LogP contribution >= 0.6 is 15.9 Å². The molecule has 1 saturated heterocycles. The highest BCUT2D eigenvalue weighted by atomic mass is 79.9. The number of halogens is 1. The minimum absolute atomic E-state index is 0.0270. The van der Waals surface area contributed by atoms with Gasteiger partial charge in [-0.15, -0.1) is 0 Å². The Hall–Kier alpha value is -4.26. The van der Waals surface area contributed by atoms with Crippen LogP contribution in [0, 0.1) is 5.92 Å². The first-order valence-electron chi connectivity index (χ1n) is 12.1. The SMILES string of the molecule is CNC(=O)Nc1ccc2c(c1)c1c(N)ncnc1n2CC(=O)N1[C@@H]2C[C@@H]2C[C@H]1C(=O)Nc1cccc(Br)n1. The topological polar surface area (TPSA) is 160 Å². The van der Waals surface area contributed by atoms with Crippen LogP contribution in [0.4, 0.5) is 22.1 Å². The number of nitrogens with zero attached hydrogens (tertiary/aromatic N) is 5. The molecule has 194 valence electrons. The fraction of sp³-hybridized carbons (Fsp3) is 0.280. The van der Waals surface area contributed by atoms with Crippen LogP contribution in [0.25, 0.3) is 21.9 Å². The van der Waals surface area contributed by atoms with Crippen molar-refractivity contribution in [3.63, 3.8) is 0 Å². The van der Waals surface area contributed by atoms with Crippen LogP contribution in [0.15, 0.2) is 47.3 Å². The number of carbonyl (C=O) groups is 3. The van der Waals surface area contributed by atoms with Gasteiger partial charge in [-0.1, -0.05) is 6.07 Å². The Morgan fingerprint density at radius 1 is 1.13 bits per heavy atom. The van der Waals surface area contributed by atoms with Crippen LogP contribution in [-0.4, -0.2) is 61.4 Å². The van der Waals surface area contributed by atoms with Gasteiger partial charge in [-0.25, -0.2) is 19.7 Å². The third-order valence-corrected chi connectivity index (χ3v) is 7.55. The number of anilines is 3. The number of piperidine rings is 1. The lowest BCUT2D eigenvalue weighted by Crippen LogP contribution is -2.46. The highest BCUT2D eigenvalue weighted by Crippen LogP contribution is 2.48. The number of carbonyl (C=O) groups excluding carboxylic acids is 3. The number of likely N-dealkylation sites (tertiary alicyclic amines) is 1. The molecule has 1 aromatic carbocycles. The fourth-order valence-corrected chi connectivity index (χ4v) is 5.67. The molecule has 0 spiro atoms. The van der Waals surface area contributed by atoms with Crippen LogP contribution in [0.1, 0.15) is 12.8 Å². The zero-order chi connectivity index (χ0) is 26.6. The third-order valence-electron chi connectivity index (χ3n) is 7.11. The number of nitrogen functional groups attached to an aromatic ring is 1. The van der Waals surface area contributed by atoms with Gasteiger partial charge in [0.2, 0.25) is 11.8 Å². The van der Waals surface area contributed by atoms with E-state index in [1.54, 1.807) is 39.8 Å². The van der Waals surface area contributed by atoms with Crippen molar-refractivity contribution >= 4 is 73.0 Å². The van der Waals surface area contributed by atoms with Gasteiger partial charge < -0.3 is 31.2 Å². The van der Waals surface area contributed by atoms with Gasteiger partial charge >= 0.3 is 6.03 Å². The van der Waals surface area contributed by atoms with E-state index in [2.05, 4.69) is 46.8 Å². The molecule has 5 N–H and O–H groups in total. The Balaban J connectivity index is 1.32. The second kappa shape index (κ2) is 9.24. The largest absolute Gasteiger partial charge is 0.383 e. The number of hydrogen-bond donors (Lipinski definition) is 4. The molecule has 4 amide bonds. The van der Waals surface area contributed by atoms with Crippen molar-refractivity contribution in [2.75, 3.05) is 23.4 Å². The molecule has 3 atom stereocenters. The van der Waals surface area contributed by atoms with Crippen molar-refractivity contribution < 1.29 is 14.4 Å². The van der Waals surface area contributed by atoms with Crippen LogP contribution in [0.5, 0.6) is 0 Å². The zero-order valence-electron chi connectivity index (χ0n) is 20.3. The smallest absolute Gasteiger partial charge is 0.318 e. The normalized spacial score (nSPS) is 19.8. The van der Waals surface area contributed by atoms with Gasteiger partial charge in [-0.05, 0) is 65.0 Å². The summed E-state index contributed by atoms with van der Waals surface area (Å²) >= 11 is 3.31. The first-order valence-corrected chi connectivity index (χ1v) is 12.9. The molecular formula is C25H24BrN9O3. The highest BCUT2D eigenvalue weighted by molar-refractivity contribution is 9.10. The lowest BCUT2D eigenvalue weighted by atomic mass is 10.1. The second-order valence-electron chi connectivity index (χ2n) is 9.43. The van der Waals surface area contributed by atoms with Crippen molar-refractivity contribution in [1.29, 1.82) is 0 Å². The van der Waals surface area contributed by atoms with E-state index in [1.807, 2.05) is 6.07 Å². The summed E-state index contributed by atoms with van der Waals surface area (Å²) in [7, 11) is 1.53. The summed E-state index contributed by atoms with van der Waals surface area (Å²) in [6.45, 7) is -0.0270. The number of benzene rings is 1. The number of urea groups is 1. The molecule has 0 unspecified atom stereocenters. The first kappa shape index (κ1) is 24.1. The number of nitrogens with one attached hydrogen (secondary N) is 3. The number of aromatic nitrogens is 4. The molecule has 13 heteroatoms. The average Bonchev–Trinajstić information content (AvgIpc) is 3.44. The number of amides is 4. The molecule has 2 fully saturated rings. The molecule has 2 aliphatic rings. The van der Waals surface area contributed by atoms with Crippen LogP contribution < -0.4 is 21.7 Å². The molecular weight excluding hydrogens is 554 g/mol. The number of nitrogens with two attached hydrogens (primary N) is 1. The molecule has 6 rings (SSSR count). The fourth-order valence-electron chi connectivity index (χ4n) is 5.32. The number of pyridine rings is 1. The molecule has 1 aliphatic carbocycles. The van der Waals surface area contributed by atoms with Gasteiger partial charge in [0.15, 0.2) is 0 Å². The van der Waals surface area contributed by atoms with Crippen molar-refractivity contribution in [3.8, 4) is 0 Å². The van der Waals surface area contributed by atoms with E-state index in [0.717, 1.165) is 6.42 Å². The Bertz CT molecular complexity index is 1620. The standard InChI is InChI=1S/C25H24BrN9O3/c1-28-25(38)31-13-5-6-15-14(9-13)21-22(27)29-11-30-23(21)34(15)10-20(36)35-16-7-12(16)8-17(35)24(37)33-19-4-2-3-18(26)32-19/h2-6,9,11-12,16-17H,7-8,10H2,1H3,(H2,27,29,30)(H2,28,31,38)(H,32,33,37)/t12-,16-,17+/m1/s1. The van der Waals surface area contributed by atoms with E-state index < -0.39 is 6.04 Å². The summed E-state index contributed by atoms with van der Waals surface area (Å²) in [6.07, 6.45) is 2.86. The summed E-state index contributed by atoms with van der Waals surface area (Å²) in [5.74, 6) is 0.578. The zero-order valence-corrected chi connectivity index (χ0v) is 21.9. The van der Waals surface area contributed by atoms with Gasteiger partial charge in [0, 0.05) is 24.2 Å². The average molecular weight is 578 g/mol. The first-order chi connectivity index (χ1) is 18.3. The Kier molecular flexibility index (Phi) is 5.86. The monoisotopic (exact) mass is 577 g/mol.